The van der Waals surface area contributed by atoms with Gasteiger partial charge in [0.15, 0.2) is 0 Å². The van der Waals surface area contributed by atoms with Crippen molar-refractivity contribution in [2.45, 2.75) is 6.54 Å². The van der Waals surface area contributed by atoms with Crippen molar-refractivity contribution in [1.82, 2.24) is 14.9 Å². The molecule has 0 spiro atoms. The van der Waals surface area contributed by atoms with E-state index in [9.17, 15) is 9.59 Å². The number of amides is 1. The van der Waals surface area contributed by atoms with Crippen LogP contribution in [0.25, 0.3) is 16.5 Å². The van der Waals surface area contributed by atoms with Crippen LogP contribution in [0, 0.1) is 0 Å². The highest BCUT2D eigenvalue weighted by molar-refractivity contribution is 7.12. The van der Waals surface area contributed by atoms with Gasteiger partial charge in [-0.05, 0) is 29.8 Å². The van der Waals surface area contributed by atoms with Crippen LogP contribution >= 0.6 is 11.3 Å². The molecule has 154 valence electrons. The Morgan fingerprint density at radius 1 is 1.23 bits per heavy atom. The van der Waals surface area contributed by atoms with E-state index < -0.39 is 0 Å². The van der Waals surface area contributed by atoms with Crippen molar-refractivity contribution in [3.8, 4) is 10.4 Å². The molecule has 2 aromatic heterocycles. The van der Waals surface area contributed by atoms with Gasteiger partial charge in [-0.1, -0.05) is 23.5 Å². The molecule has 2 N–H and O–H groups in total. The summed E-state index contributed by atoms with van der Waals surface area (Å²) >= 11 is 1.12. The second-order valence-electron chi connectivity index (χ2n) is 6.91. The summed E-state index contributed by atoms with van der Waals surface area (Å²) in [5.74, 6) is -0.229. The van der Waals surface area contributed by atoms with Crippen molar-refractivity contribution in [3.63, 3.8) is 0 Å². The van der Waals surface area contributed by atoms with E-state index in [2.05, 4.69) is 20.2 Å². The lowest BCUT2D eigenvalue weighted by atomic mass is 10.1. The van der Waals surface area contributed by atoms with E-state index in [0.29, 0.717) is 0 Å². The van der Waals surface area contributed by atoms with Gasteiger partial charge in [-0.3, -0.25) is 19.5 Å². The van der Waals surface area contributed by atoms with Gasteiger partial charge in [0.1, 0.15) is 0 Å². The number of benzene rings is 1. The molecule has 4 rings (SSSR count). The van der Waals surface area contributed by atoms with Crippen LogP contribution < -0.4 is 10.2 Å². The molecular weight excluding hydrogens is 400 g/mol. The van der Waals surface area contributed by atoms with E-state index in [1.807, 2.05) is 30.3 Å². The highest BCUT2D eigenvalue weighted by Gasteiger charge is 2.11. The first-order valence-corrected chi connectivity index (χ1v) is 10.5. The normalized spacial score (nSPS) is 14.8. The maximum Gasteiger partial charge on any atom is 0.305 e. The monoisotopic (exact) mass is 422 g/mol. The number of carbonyl (C=O) groups is 1. The summed E-state index contributed by atoms with van der Waals surface area (Å²) < 4.78 is 5.37. The number of H-pyrrole nitrogens is 1. The van der Waals surface area contributed by atoms with Crippen molar-refractivity contribution < 1.29 is 9.53 Å². The molecule has 8 heteroatoms. The number of thiazole rings is 1. The molecule has 0 aliphatic carbocycles. The Morgan fingerprint density at radius 3 is 2.77 bits per heavy atom. The van der Waals surface area contributed by atoms with Gasteiger partial charge in [0.2, 0.25) is 5.91 Å². The van der Waals surface area contributed by atoms with Crippen LogP contribution in [-0.4, -0.2) is 47.1 Å². The number of aromatic nitrogens is 2. The summed E-state index contributed by atoms with van der Waals surface area (Å²) in [6.07, 6.45) is 8.17. The third-order valence-corrected chi connectivity index (χ3v) is 5.65. The van der Waals surface area contributed by atoms with Gasteiger partial charge in [-0.2, -0.15) is 0 Å². The van der Waals surface area contributed by atoms with Gasteiger partial charge in [0, 0.05) is 61.1 Å². The Kier molecular flexibility index (Phi) is 6.48. The largest absolute Gasteiger partial charge is 0.379 e. The molecule has 0 saturated carbocycles. The predicted octanol–water partition coefficient (Wildman–Crippen LogP) is 2.98. The summed E-state index contributed by atoms with van der Waals surface area (Å²) in [6.45, 7) is 4.33. The fraction of sp³-hybridized carbons (Fsp3) is 0.227. The van der Waals surface area contributed by atoms with Crippen molar-refractivity contribution in [2.75, 3.05) is 31.6 Å². The maximum atomic E-state index is 12.3. The quantitative estimate of drug-likeness (QED) is 0.597. The Morgan fingerprint density at radius 2 is 2.03 bits per heavy atom. The zero-order chi connectivity index (χ0) is 20.8. The van der Waals surface area contributed by atoms with Crippen LogP contribution in [-0.2, 0) is 16.1 Å². The summed E-state index contributed by atoms with van der Waals surface area (Å²) in [6, 6.07) is 9.70. The molecule has 1 saturated heterocycles. The van der Waals surface area contributed by atoms with Crippen molar-refractivity contribution in [2.24, 2.45) is 0 Å². The third-order valence-electron chi connectivity index (χ3n) is 4.79. The van der Waals surface area contributed by atoms with E-state index in [0.717, 1.165) is 65.9 Å². The minimum absolute atomic E-state index is 0.119. The molecule has 1 aromatic carbocycles. The fourth-order valence-corrected chi connectivity index (χ4v) is 3.97. The first kappa shape index (κ1) is 20.2. The average Bonchev–Trinajstić information content (AvgIpc) is 3.21. The van der Waals surface area contributed by atoms with Gasteiger partial charge in [0.25, 0.3) is 0 Å². The van der Waals surface area contributed by atoms with E-state index in [4.69, 9.17) is 4.74 Å². The number of hydrogen-bond acceptors (Lipinski definition) is 6. The number of ether oxygens (including phenoxy) is 1. The van der Waals surface area contributed by atoms with Gasteiger partial charge >= 0.3 is 4.87 Å². The molecule has 30 heavy (non-hydrogen) atoms. The Balaban J connectivity index is 1.38. The van der Waals surface area contributed by atoms with Crippen molar-refractivity contribution in [1.29, 1.82) is 0 Å². The van der Waals surface area contributed by atoms with Gasteiger partial charge in [0.05, 0.1) is 18.1 Å². The van der Waals surface area contributed by atoms with Gasteiger partial charge < -0.3 is 15.0 Å². The first-order valence-electron chi connectivity index (χ1n) is 9.68. The molecule has 1 fully saturated rings. The van der Waals surface area contributed by atoms with Gasteiger partial charge in [-0.25, -0.2) is 0 Å². The average molecular weight is 423 g/mol. The lowest BCUT2D eigenvalue weighted by Crippen LogP contribution is -2.35. The second kappa shape index (κ2) is 9.62. The van der Waals surface area contributed by atoms with E-state index >= 15 is 0 Å². The van der Waals surface area contributed by atoms with E-state index in [1.165, 1.54) is 11.6 Å². The van der Waals surface area contributed by atoms with Crippen LogP contribution in [0.2, 0.25) is 0 Å². The summed E-state index contributed by atoms with van der Waals surface area (Å²) in [7, 11) is 0. The van der Waals surface area contributed by atoms with Crippen LogP contribution in [0.4, 0.5) is 5.69 Å². The van der Waals surface area contributed by atoms with E-state index in [-0.39, 0.29) is 10.8 Å². The Labute approximate surface area is 178 Å². The minimum Gasteiger partial charge on any atom is -0.379 e. The maximum absolute atomic E-state index is 12.3. The lowest BCUT2D eigenvalue weighted by molar-refractivity contribution is -0.111. The van der Waals surface area contributed by atoms with Crippen LogP contribution in [0.1, 0.15) is 11.1 Å². The number of nitrogens with zero attached hydrogens (tertiary/aromatic N) is 2. The molecule has 1 aliphatic rings. The van der Waals surface area contributed by atoms with Crippen LogP contribution in [0.5, 0.6) is 0 Å². The number of pyridine rings is 1. The molecule has 3 heterocycles. The second-order valence-corrected chi connectivity index (χ2v) is 7.93. The molecule has 3 aromatic rings. The number of morpholine rings is 1. The van der Waals surface area contributed by atoms with Crippen LogP contribution in [0.15, 0.2) is 59.8 Å². The minimum atomic E-state index is -0.229. The number of anilines is 1. The topological polar surface area (TPSA) is 87.3 Å². The molecule has 7 nitrogen and oxygen atoms in total. The number of aromatic amines is 1. The molecule has 0 atom stereocenters. The summed E-state index contributed by atoms with van der Waals surface area (Å²) in [5, 5.41) is 2.87. The van der Waals surface area contributed by atoms with Gasteiger partial charge in [-0.15, -0.1) is 0 Å². The Hall–Kier alpha value is -3.07. The standard InChI is InChI=1S/C22H22N4O3S/c27-21(6-3-17-13-23-8-7-19(17)20-14-24-22(28)30-20)25-18-4-1-16(2-5-18)15-26-9-11-29-12-10-26/h1-8,13-14H,9-12,15H2,(H,24,28)(H,25,27)/b6-3+. The summed E-state index contributed by atoms with van der Waals surface area (Å²) in [5.41, 5.74) is 3.57. The van der Waals surface area contributed by atoms with E-state index in [1.54, 1.807) is 24.7 Å². The smallest absolute Gasteiger partial charge is 0.305 e. The molecule has 0 unspecified atom stereocenters. The zero-order valence-corrected chi connectivity index (χ0v) is 17.2. The SMILES string of the molecule is O=C(/C=C/c1cnccc1-c1c[nH]c(=O)s1)Nc1ccc(CN2CCOCC2)cc1. The molecule has 0 bridgehead atoms. The van der Waals surface area contributed by atoms with Crippen LogP contribution in [0.3, 0.4) is 0 Å². The molecule has 0 radical (unpaired) electrons. The lowest BCUT2D eigenvalue weighted by Gasteiger charge is -2.26. The van der Waals surface area contributed by atoms with Crippen molar-refractivity contribution in [3.05, 3.63) is 75.8 Å². The number of rotatable bonds is 6. The molecular formula is C22H22N4O3S. The Bertz CT molecular complexity index is 1080. The predicted molar refractivity (Wildman–Crippen MR) is 118 cm³/mol. The summed E-state index contributed by atoms with van der Waals surface area (Å²) in [4.78, 5) is 33.6. The highest BCUT2D eigenvalue weighted by Crippen LogP contribution is 2.25. The number of nitrogens with one attached hydrogen (secondary N) is 2. The fourth-order valence-electron chi connectivity index (χ4n) is 3.24. The zero-order valence-electron chi connectivity index (χ0n) is 16.3. The highest BCUT2D eigenvalue weighted by atomic mass is 32.1. The third kappa shape index (κ3) is 5.29. The van der Waals surface area contributed by atoms with Crippen molar-refractivity contribution >= 4 is 29.0 Å². The number of carbonyl (C=O) groups excluding carboxylic acids is 1. The number of hydrogen-bond donors (Lipinski definition) is 2. The first-order chi connectivity index (χ1) is 14.7. The molecule has 1 aliphatic heterocycles. The molecule has 1 amide bonds.